The largest absolute Gasteiger partial charge is 0.481 e. The molecule has 1 heterocycles. The van der Waals surface area contributed by atoms with E-state index in [1.165, 1.54) is 10.6 Å². The Hall–Kier alpha value is -2.09. The van der Waals surface area contributed by atoms with Gasteiger partial charge in [-0.15, -0.1) is 10.2 Å². The molecule has 0 aliphatic carbocycles. The molecule has 2 rings (SSSR count). The van der Waals surface area contributed by atoms with E-state index in [9.17, 15) is 9.18 Å². The Morgan fingerprint density at radius 1 is 1.42 bits per heavy atom. The fraction of sp³-hybridized carbons (Fsp3) is 0.182. The molecule has 8 heteroatoms. The Morgan fingerprint density at radius 2 is 2.16 bits per heavy atom. The highest BCUT2D eigenvalue weighted by molar-refractivity contribution is 7.99. The number of rotatable bonds is 5. The van der Waals surface area contributed by atoms with Gasteiger partial charge in [0.15, 0.2) is 5.16 Å². The van der Waals surface area contributed by atoms with Crippen LogP contribution in [0.3, 0.4) is 0 Å². The van der Waals surface area contributed by atoms with Crippen molar-refractivity contribution in [1.82, 2.24) is 14.8 Å². The molecule has 0 saturated heterocycles. The van der Waals surface area contributed by atoms with Gasteiger partial charge in [0.25, 0.3) is 0 Å². The lowest BCUT2D eigenvalue weighted by atomic mass is 10.2. The molecule has 3 N–H and O–H groups in total. The van der Waals surface area contributed by atoms with Crippen LogP contribution in [0.15, 0.2) is 29.4 Å². The van der Waals surface area contributed by atoms with E-state index in [1.807, 2.05) is 0 Å². The van der Waals surface area contributed by atoms with Gasteiger partial charge in [-0.05, 0) is 6.07 Å². The smallest absolute Gasteiger partial charge is 0.313 e. The number of aliphatic carboxylic acids is 1. The number of carboxylic acid groups (broad SMARTS) is 1. The van der Waals surface area contributed by atoms with Gasteiger partial charge in [0.1, 0.15) is 5.82 Å². The van der Waals surface area contributed by atoms with Crippen LogP contribution in [0.4, 0.5) is 10.3 Å². The summed E-state index contributed by atoms with van der Waals surface area (Å²) in [6.45, 7) is 0.160. The number of anilines is 1. The van der Waals surface area contributed by atoms with E-state index in [0.29, 0.717) is 10.7 Å². The normalized spacial score (nSPS) is 10.6. The number of carbonyl (C=O) groups is 1. The van der Waals surface area contributed by atoms with Gasteiger partial charge in [-0.2, -0.15) is 0 Å². The lowest BCUT2D eigenvalue weighted by Crippen LogP contribution is -2.08. The molecule has 0 radical (unpaired) electrons. The maximum atomic E-state index is 13.6. The maximum Gasteiger partial charge on any atom is 0.313 e. The minimum absolute atomic E-state index is 0.121. The van der Waals surface area contributed by atoms with Crippen molar-refractivity contribution < 1.29 is 14.3 Å². The van der Waals surface area contributed by atoms with Gasteiger partial charge in [-0.25, -0.2) is 4.39 Å². The first-order chi connectivity index (χ1) is 9.08. The number of nitrogen functional groups attached to an aromatic ring is 1. The monoisotopic (exact) mass is 282 g/mol. The van der Waals surface area contributed by atoms with E-state index in [4.69, 9.17) is 10.8 Å². The predicted octanol–water partition coefficient (Wildman–Crippen LogP) is 1.22. The molecule has 0 bridgehead atoms. The number of hydrogen-bond donors (Lipinski definition) is 2. The molecule has 0 fully saturated rings. The molecule has 100 valence electrons. The van der Waals surface area contributed by atoms with Crippen LogP contribution < -0.4 is 5.73 Å². The molecule has 2 aromatic rings. The van der Waals surface area contributed by atoms with Crippen molar-refractivity contribution in [2.75, 3.05) is 11.5 Å². The topological polar surface area (TPSA) is 94.0 Å². The first-order valence-corrected chi connectivity index (χ1v) is 6.33. The van der Waals surface area contributed by atoms with Gasteiger partial charge in [0.05, 0.1) is 12.3 Å². The van der Waals surface area contributed by atoms with Gasteiger partial charge >= 0.3 is 5.97 Å². The average molecular weight is 282 g/mol. The number of aromatic nitrogens is 3. The van der Waals surface area contributed by atoms with Crippen LogP contribution in [0.25, 0.3) is 0 Å². The highest BCUT2D eigenvalue weighted by Gasteiger charge is 2.13. The van der Waals surface area contributed by atoms with Crippen LogP contribution in [0.5, 0.6) is 0 Å². The fourth-order valence-electron chi connectivity index (χ4n) is 1.48. The van der Waals surface area contributed by atoms with Gasteiger partial charge in [0, 0.05) is 5.56 Å². The maximum absolute atomic E-state index is 13.6. The molecule has 0 amide bonds. The number of thioether (sulfide) groups is 1. The van der Waals surface area contributed by atoms with E-state index in [-0.39, 0.29) is 24.1 Å². The molecule has 19 heavy (non-hydrogen) atoms. The van der Waals surface area contributed by atoms with Crippen molar-refractivity contribution in [2.45, 2.75) is 11.7 Å². The van der Waals surface area contributed by atoms with Crippen molar-refractivity contribution in [1.29, 1.82) is 0 Å². The molecule has 1 aromatic heterocycles. The van der Waals surface area contributed by atoms with Gasteiger partial charge in [0.2, 0.25) is 5.95 Å². The molecule has 0 aliphatic rings. The van der Waals surface area contributed by atoms with Crippen LogP contribution in [0, 0.1) is 5.82 Å². The molecule has 0 spiro atoms. The quantitative estimate of drug-likeness (QED) is 0.801. The van der Waals surface area contributed by atoms with Crippen molar-refractivity contribution in [3.05, 3.63) is 35.6 Å². The first kappa shape index (κ1) is 13.3. The zero-order chi connectivity index (χ0) is 13.8. The minimum atomic E-state index is -0.969. The summed E-state index contributed by atoms with van der Waals surface area (Å²) >= 11 is 0.988. The summed E-state index contributed by atoms with van der Waals surface area (Å²) in [5.41, 5.74) is 6.09. The zero-order valence-corrected chi connectivity index (χ0v) is 10.6. The minimum Gasteiger partial charge on any atom is -0.481 e. The average Bonchev–Trinajstić information content (AvgIpc) is 2.71. The van der Waals surface area contributed by atoms with Crippen LogP contribution in [0.1, 0.15) is 5.56 Å². The number of hydrogen-bond acceptors (Lipinski definition) is 5. The predicted molar refractivity (Wildman–Crippen MR) is 68.3 cm³/mol. The molecule has 0 saturated carbocycles. The number of halogens is 1. The lowest BCUT2D eigenvalue weighted by molar-refractivity contribution is -0.133. The van der Waals surface area contributed by atoms with Crippen molar-refractivity contribution in [3.63, 3.8) is 0 Å². The standard InChI is InChI=1S/C11H11FN4O2S/c12-8-4-2-1-3-7(8)5-16-10(13)14-15-11(16)19-6-9(17)18/h1-4H,5-6H2,(H2,13,14)(H,17,18). The summed E-state index contributed by atoms with van der Waals surface area (Å²) in [7, 11) is 0. The van der Waals surface area contributed by atoms with Crippen LogP contribution in [-0.2, 0) is 11.3 Å². The third-order valence-corrected chi connectivity index (χ3v) is 3.31. The highest BCUT2D eigenvalue weighted by atomic mass is 32.2. The number of carboxylic acids is 1. The summed E-state index contributed by atoms with van der Waals surface area (Å²) in [5.74, 6) is -1.36. The van der Waals surface area contributed by atoms with E-state index >= 15 is 0 Å². The fourth-order valence-corrected chi connectivity index (χ4v) is 2.14. The third-order valence-electron chi connectivity index (χ3n) is 2.36. The number of nitrogens with zero attached hydrogens (tertiary/aromatic N) is 3. The van der Waals surface area contributed by atoms with Crippen LogP contribution in [0.2, 0.25) is 0 Å². The molecule has 1 aromatic carbocycles. The molecule has 0 unspecified atom stereocenters. The Balaban J connectivity index is 2.22. The van der Waals surface area contributed by atoms with Crippen molar-refractivity contribution in [3.8, 4) is 0 Å². The second-order valence-corrected chi connectivity index (χ2v) is 4.64. The van der Waals surface area contributed by atoms with E-state index in [2.05, 4.69) is 10.2 Å². The van der Waals surface area contributed by atoms with Crippen molar-refractivity contribution >= 4 is 23.7 Å². The summed E-state index contributed by atoms with van der Waals surface area (Å²) in [6, 6.07) is 6.28. The van der Waals surface area contributed by atoms with Gasteiger partial charge < -0.3 is 10.8 Å². The zero-order valence-electron chi connectivity index (χ0n) is 9.78. The second-order valence-electron chi connectivity index (χ2n) is 3.70. The molecular formula is C11H11FN4O2S. The molecule has 0 atom stereocenters. The Bertz CT molecular complexity index is 602. The lowest BCUT2D eigenvalue weighted by Gasteiger charge is -2.08. The second kappa shape index (κ2) is 5.70. The van der Waals surface area contributed by atoms with Gasteiger partial charge in [-0.3, -0.25) is 9.36 Å². The van der Waals surface area contributed by atoms with E-state index in [1.54, 1.807) is 18.2 Å². The summed E-state index contributed by atoms with van der Waals surface area (Å²) in [4.78, 5) is 10.5. The molecular weight excluding hydrogens is 271 g/mol. The summed E-state index contributed by atoms with van der Waals surface area (Å²) in [6.07, 6.45) is 0. The number of benzene rings is 1. The number of nitrogens with two attached hydrogens (primary N) is 1. The van der Waals surface area contributed by atoms with Crippen LogP contribution in [-0.4, -0.2) is 31.6 Å². The van der Waals surface area contributed by atoms with E-state index < -0.39 is 5.97 Å². The summed E-state index contributed by atoms with van der Waals surface area (Å²) in [5, 5.41) is 16.4. The third kappa shape index (κ3) is 3.22. The molecule has 0 aliphatic heterocycles. The summed E-state index contributed by atoms with van der Waals surface area (Å²) < 4.78 is 15.0. The Morgan fingerprint density at radius 3 is 2.84 bits per heavy atom. The highest BCUT2D eigenvalue weighted by Crippen LogP contribution is 2.20. The van der Waals surface area contributed by atoms with Crippen LogP contribution >= 0.6 is 11.8 Å². The van der Waals surface area contributed by atoms with Crippen molar-refractivity contribution in [2.24, 2.45) is 0 Å². The Labute approximate surface area is 112 Å². The van der Waals surface area contributed by atoms with Gasteiger partial charge in [-0.1, -0.05) is 30.0 Å². The SMILES string of the molecule is Nc1nnc(SCC(=O)O)n1Cc1ccccc1F. The molecule has 6 nitrogen and oxygen atoms in total. The Kier molecular flexibility index (Phi) is 4.00. The van der Waals surface area contributed by atoms with E-state index in [0.717, 1.165) is 11.8 Å². The first-order valence-electron chi connectivity index (χ1n) is 5.34.